The summed E-state index contributed by atoms with van der Waals surface area (Å²) in [6.07, 6.45) is 0.609. The normalized spacial score (nSPS) is 21.5. The van der Waals surface area contributed by atoms with E-state index in [4.69, 9.17) is 9.47 Å². The lowest BCUT2D eigenvalue weighted by atomic mass is 9.85. The summed E-state index contributed by atoms with van der Waals surface area (Å²) >= 11 is 0. The van der Waals surface area contributed by atoms with Crippen LogP contribution >= 0.6 is 0 Å². The Labute approximate surface area is 134 Å². The van der Waals surface area contributed by atoms with Crippen LogP contribution in [0.3, 0.4) is 0 Å². The van der Waals surface area contributed by atoms with Gasteiger partial charge in [0.1, 0.15) is 0 Å². The molecule has 1 N–H and O–H groups in total. The molecular formula is C18H17NO4. The van der Waals surface area contributed by atoms with Crippen molar-refractivity contribution in [1.29, 1.82) is 0 Å². The van der Waals surface area contributed by atoms with Gasteiger partial charge in [-0.1, -0.05) is 18.2 Å². The molecule has 4 rings (SSSR count). The van der Waals surface area contributed by atoms with Crippen LogP contribution in [0.4, 0.5) is 0 Å². The Bertz CT molecular complexity index is 817. The predicted molar refractivity (Wildman–Crippen MR) is 83.7 cm³/mol. The summed E-state index contributed by atoms with van der Waals surface area (Å²) in [7, 11) is 3.17. The third-order valence-electron chi connectivity index (χ3n) is 4.78. The third-order valence-corrected chi connectivity index (χ3v) is 4.78. The minimum Gasteiger partial charge on any atom is -0.493 e. The van der Waals surface area contributed by atoms with Crippen molar-refractivity contribution in [3.63, 3.8) is 0 Å². The molecule has 1 amide bonds. The Morgan fingerprint density at radius 3 is 2.61 bits per heavy atom. The van der Waals surface area contributed by atoms with Crippen LogP contribution in [0.2, 0.25) is 0 Å². The number of nitrogens with zero attached hydrogens (tertiary/aromatic N) is 1. The molecule has 23 heavy (non-hydrogen) atoms. The summed E-state index contributed by atoms with van der Waals surface area (Å²) < 4.78 is 10.9. The summed E-state index contributed by atoms with van der Waals surface area (Å²) in [4.78, 5) is 14.2. The van der Waals surface area contributed by atoms with Gasteiger partial charge in [0.15, 0.2) is 17.2 Å². The maximum Gasteiger partial charge on any atom is 0.257 e. The zero-order valence-corrected chi connectivity index (χ0v) is 13.0. The van der Waals surface area contributed by atoms with Crippen LogP contribution in [0, 0.1) is 0 Å². The fraction of sp³-hybridized carbons (Fsp3) is 0.278. The standard InChI is InChI=1S/C18H17NO4/c1-22-15-8-7-14-11(16(15)23-2)9-10-19-17(20)12-5-3-4-6-13(12)18(14,19)21/h3-8,21H,9-10H2,1-2H3. The Hall–Kier alpha value is -2.53. The zero-order valence-electron chi connectivity index (χ0n) is 13.0. The van der Waals surface area contributed by atoms with E-state index < -0.39 is 5.72 Å². The Balaban J connectivity index is 2.01. The monoisotopic (exact) mass is 311 g/mol. The van der Waals surface area contributed by atoms with E-state index in [2.05, 4.69) is 0 Å². The minimum absolute atomic E-state index is 0.136. The van der Waals surface area contributed by atoms with E-state index in [1.165, 1.54) is 4.90 Å². The summed E-state index contributed by atoms with van der Waals surface area (Å²) in [5.41, 5.74) is 1.30. The van der Waals surface area contributed by atoms with Gasteiger partial charge in [0.05, 0.1) is 14.2 Å². The highest BCUT2D eigenvalue weighted by Gasteiger charge is 2.53. The molecule has 2 aliphatic heterocycles. The SMILES string of the molecule is COc1ccc2c(c1OC)CCN1C(=O)c3ccccc3C21O. The Morgan fingerprint density at radius 2 is 1.87 bits per heavy atom. The molecule has 2 aromatic carbocycles. The van der Waals surface area contributed by atoms with Crippen molar-refractivity contribution in [3.8, 4) is 11.5 Å². The highest BCUT2D eigenvalue weighted by atomic mass is 16.5. The number of fused-ring (bicyclic) bond motifs is 5. The molecule has 5 heteroatoms. The van der Waals surface area contributed by atoms with E-state index in [1.807, 2.05) is 18.2 Å². The molecule has 1 unspecified atom stereocenters. The molecule has 2 aliphatic rings. The van der Waals surface area contributed by atoms with E-state index in [9.17, 15) is 9.90 Å². The molecule has 0 bridgehead atoms. The van der Waals surface area contributed by atoms with Crippen molar-refractivity contribution < 1.29 is 19.4 Å². The zero-order chi connectivity index (χ0) is 16.2. The molecule has 0 aliphatic carbocycles. The number of aliphatic hydroxyl groups is 1. The minimum atomic E-state index is -1.44. The number of amides is 1. The van der Waals surface area contributed by atoms with Gasteiger partial charge in [-0.25, -0.2) is 0 Å². The molecule has 118 valence electrons. The molecule has 2 heterocycles. The number of hydrogen-bond acceptors (Lipinski definition) is 4. The van der Waals surface area contributed by atoms with Crippen molar-refractivity contribution >= 4 is 5.91 Å². The van der Waals surface area contributed by atoms with Gasteiger partial charge in [-0.3, -0.25) is 4.79 Å². The third kappa shape index (κ3) is 1.63. The first-order chi connectivity index (χ1) is 11.1. The second-order valence-electron chi connectivity index (χ2n) is 5.75. The van der Waals surface area contributed by atoms with Crippen LogP contribution in [0.1, 0.15) is 27.0 Å². The molecule has 0 saturated heterocycles. The first-order valence-electron chi connectivity index (χ1n) is 7.51. The van der Waals surface area contributed by atoms with Crippen LogP contribution in [0.15, 0.2) is 36.4 Å². The number of hydrogen-bond donors (Lipinski definition) is 1. The van der Waals surface area contributed by atoms with E-state index in [0.29, 0.717) is 41.2 Å². The largest absolute Gasteiger partial charge is 0.493 e. The highest BCUT2D eigenvalue weighted by molar-refractivity contribution is 6.00. The van der Waals surface area contributed by atoms with Gasteiger partial charge in [0.2, 0.25) is 0 Å². The maximum atomic E-state index is 12.6. The first-order valence-corrected chi connectivity index (χ1v) is 7.51. The molecular weight excluding hydrogens is 294 g/mol. The van der Waals surface area contributed by atoms with E-state index in [0.717, 1.165) is 5.56 Å². The average molecular weight is 311 g/mol. The van der Waals surface area contributed by atoms with Gasteiger partial charge in [0, 0.05) is 28.8 Å². The number of carbonyl (C=O) groups excluding carboxylic acids is 1. The lowest BCUT2D eigenvalue weighted by Gasteiger charge is -2.40. The fourth-order valence-corrected chi connectivity index (χ4v) is 3.75. The van der Waals surface area contributed by atoms with Crippen molar-refractivity contribution in [3.05, 3.63) is 58.7 Å². The molecule has 0 fully saturated rings. The second kappa shape index (κ2) is 4.73. The summed E-state index contributed by atoms with van der Waals surface area (Å²) in [6, 6.07) is 10.8. The van der Waals surface area contributed by atoms with Crippen molar-refractivity contribution in [2.24, 2.45) is 0 Å². The first kappa shape index (κ1) is 14.1. The topological polar surface area (TPSA) is 59.0 Å². The van der Waals surface area contributed by atoms with Crippen LogP contribution < -0.4 is 9.47 Å². The van der Waals surface area contributed by atoms with Gasteiger partial charge in [-0.15, -0.1) is 0 Å². The van der Waals surface area contributed by atoms with E-state index in [-0.39, 0.29) is 5.91 Å². The van der Waals surface area contributed by atoms with Crippen LogP contribution in [-0.4, -0.2) is 36.7 Å². The van der Waals surface area contributed by atoms with Crippen molar-refractivity contribution in [2.75, 3.05) is 20.8 Å². The molecule has 0 spiro atoms. The summed E-state index contributed by atoms with van der Waals surface area (Å²) in [5.74, 6) is 1.11. The fourth-order valence-electron chi connectivity index (χ4n) is 3.75. The summed E-state index contributed by atoms with van der Waals surface area (Å²) in [6.45, 7) is 0.431. The Morgan fingerprint density at radius 1 is 1.09 bits per heavy atom. The predicted octanol–water partition coefficient (Wildman–Crippen LogP) is 1.91. The van der Waals surface area contributed by atoms with Crippen molar-refractivity contribution in [2.45, 2.75) is 12.1 Å². The van der Waals surface area contributed by atoms with Gasteiger partial charge in [0.25, 0.3) is 5.91 Å². The molecule has 0 saturated carbocycles. The molecule has 5 nitrogen and oxygen atoms in total. The molecule has 1 atom stereocenters. The quantitative estimate of drug-likeness (QED) is 0.920. The molecule has 0 radical (unpaired) electrons. The number of carbonyl (C=O) groups is 1. The van der Waals surface area contributed by atoms with Crippen LogP contribution in [-0.2, 0) is 12.1 Å². The van der Waals surface area contributed by atoms with Crippen molar-refractivity contribution in [1.82, 2.24) is 4.90 Å². The lowest BCUT2D eigenvalue weighted by molar-refractivity contribution is -0.0566. The second-order valence-corrected chi connectivity index (χ2v) is 5.75. The Kier molecular flexibility index (Phi) is 2.90. The lowest BCUT2D eigenvalue weighted by Crippen LogP contribution is -2.49. The highest BCUT2D eigenvalue weighted by Crippen LogP contribution is 2.49. The van der Waals surface area contributed by atoms with Gasteiger partial charge >= 0.3 is 0 Å². The van der Waals surface area contributed by atoms with E-state index >= 15 is 0 Å². The van der Waals surface area contributed by atoms with Gasteiger partial charge in [-0.05, 0) is 24.6 Å². The van der Waals surface area contributed by atoms with Gasteiger partial charge < -0.3 is 19.5 Å². The van der Waals surface area contributed by atoms with Crippen LogP contribution in [0.5, 0.6) is 11.5 Å². The van der Waals surface area contributed by atoms with Crippen LogP contribution in [0.25, 0.3) is 0 Å². The number of ether oxygens (including phenoxy) is 2. The maximum absolute atomic E-state index is 12.6. The number of methoxy groups -OCH3 is 2. The van der Waals surface area contributed by atoms with Gasteiger partial charge in [-0.2, -0.15) is 0 Å². The number of rotatable bonds is 2. The smallest absolute Gasteiger partial charge is 0.257 e. The average Bonchev–Trinajstić information content (AvgIpc) is 2.82. The van der Waals surface area contributed by atoms with E-state index in [1.54, 1.807) is 32.4 Å². The summed E-state index contributed by atoms with van der Waals surface area (Å²) in [5, 5.41) is 11.5. The number of benzene rings is 2. The molecule has 2 aromatic rings. The molecule has 0 aromatic heterocycles.